The van der Waals surface area contributed by atoms with Gasteiger partial charge in [-0.15, -0.1) is 4.28 Å². The number of rotatable bonds is 4. The smallest absolute Gasteiger partial charge is 0.309 e. The maximum Gasteiger partial charge on any atom is 0.418 e. The Morgan fingerprint density at radius 2 is 1.88 bits per heavy atom. The standard InChI is InChI=1S/C12H16F2N4O7S/c13-12(14)3-6(4-12)9(19)17(15)10(20)8-2-1-7-5-16(8)11(21)18(7)25-26(22,23)24/h6-8H,1-5,15H2,(H,22,23,24)/t7-,8+/m1/s1. The van der Waals surface area contributed by atoms with Crippen LogP contribution in [0.4, 0.5) is 13.6 Å². The molecule has 2 heterocycles. The number of imide groups is 1. The fraction of sp³-hybridized carbons (Fsp3) is 0.750. The monoisotopic (exact) mass is 398 g/mol. The van der Waals surface area contributed by atoms with Crippen molar-refractivity contribution >= 4 is 28.2 Å². The summed E-state index contributed by atoms with van der Waals surface area (Å²) in [5.74, 6) is -0.460. The van der Waals surface area contributed by atoms with Crippen molar-refractivity contribution in [3.05, 3.63) is 0 Å². The van der Waals surface area contributed by atoms with Gasteiger partial charge in [-0.25, -0.2) is 24.4 Å². The molecule has 3 aliphatic rings. The van der Waals surface area contributed by atoms with Crippen LogP contribution in [0.25, 0.3) is 0 Å². The quantitative estimate of drug-likeness (QED) is 0.207. The fourth-order valence-electron chi connectivity index (χ4n) is 3.39. The number of hydrogen-bond donors (Lipinski definition) is 2. The van der Waals surface area contributed by atoms with Crippen molar-refractivity contribution in [2.75, 3.05) is 6.54 Å². The van der Waals surface area contributed by atoms with Gasteiger partial charge in [0.25, 0.3) is 5.91 Å². The Morgan fingerprint density at radius 1 is 1.27 bits per heavy atom. The van der Waals surface area contributed by atoms with Gasteiger partial charge < -0.3 is 4.90 Å². The molecule has 4 amide bonds. The zero-order valence-corrected chi connectivity index (χ0v) is 14.1. The third-order valence-corrected chi connectivity index (χ3v) is 5.05. The molecule has 1 saturated carbocycles. The van der Waals surface area contributed by atoms with Gasteiger partial charge in [-0.1, -0.05) is 0 Å². The van der Waals surface area contributed by atoms with Crippen LogP contribution in [0.15, 0.2) is 0 Å². The predicted molar refractivity (Wildman–Crippen MR) is 77.1 cm³/mol. The molecule has 0 aromatic carbocycles. The zero-order chi connectivity index (χ0) is 19.4. The van der Waals surface area contributed by atoms with Gasteiger partial charge in [-0.3, -0.25) is 14.1 Å². The van der Waals surface area contributed by atoms with Crippen LogP contribution in [0.5, 0.6) is 0 Å². The van der Waals surface area contributed by atoms with Crippen LogP contribution in [0.1, 0.15) is 25.7 Å². The van der Waals surface area contributed by atoms with Crippen molar-refractivity contribution in [1.82, 2.24) is 15.0 Å². The summed E-state index contributed by atoms with van der Waals surface area (Å²) in [6.07, 6.45) is -1.18. The third kappa shape index (κ3) is 3.36. The number of piperidine rings is 1. The average molecular weight is 398 g/mol. The Bertz CT molecular complexity index is 753. The highest BCUT2D eigenvalue weighted by molar-refractivity contribution is 7.80. The fourth-order valence-corrected chi connectivity index (χ4v) is 3.78. The Hall–Kier alpha value is -1.90. The van der Waals surface area contributed by atoms with Crippen LogP contribution < -0.4 is 5.84 Å². The van der Waals surface area contributed by atoms with Gasteiger partial charge in [0.1, 0.15) is 6.04 Å². The first-order valence-corrected chi connectivity index (χ1v) is 9.03. The van der Waals surface area contributed by atoms with E-state index >= 15 is 0 Å². The predicted octanol–water partition coefficient (Wildman–Crippen LogP) is -0.736. The number of urea groups is 1. The maximum absolute atomic E-state index is 12.9. The lowest BCUT2D eigenvalue weighted by Gasteiger charge is -2.37. The van der Waals surface area contributed by atoms with E-state index in [0.29, 0.717) is 5.06 Å². The van der Waals surface area contributed by atoms with Gasteiger partial charge in [0.15, 0.2) is 0 Å². The van der Waals surface area contributed by atoms with E-state index in [1.807, 2.05) is 0 Å². The molecule has 3 N–H and O–H groups in total. The number of nitrogens with zero attached hydrogens (tertiary/aromatic N) is 3. The van der Waals surface area contributed by atoms with Gasteiger partial charge in [-0.2, -0.15) is 13.5 Å². The summed E-state index contributed by atoms with van der Waals surface area (Å²) in [7, 11) is -4.93. The molecule has 146 valence electrons. The average Bonchev–Trinajstić information content (AvgIpc) is 2.74. The van der Waals surface area contributed by atoms with E-state index in [2.05, 4.69) is 4.28 Å². The Kier molecular flexibility index (Phi) is 4.41. The summed E-state index contributed by atoms with van der Waals surface area (Å²) >= 11 is 0. The number of hydrogen-bond acceptors (Lipinski definition) is 7. The molecule has 0 radical (unpaired) electrons. The topological polar surface area (TPSA) is 151 Å². The van der Waals surface area contributed by atoms with E-state index in [0.717, 1.165) is 4.90 Å². The summed E-state index contributed by atoms with van der Waals surface area (Å²) < 4.78 is 60.3. The molecular weight excluding hydrogens is 382 g/mol. The van der Waals surface area contributed by atoms with Crippen LogP contribution in [0.2, 0.25) is 0 Å². The lowest BCUT2D eigenvalue weighted by atomic mass is 9.80. The van der Waals surface area contributed by atoms with E-state index in [4.69, 9.17) is 10.4 Å². The molecule has 11 nitrogen and oxygen atoms in total. The summed E-state index contributed by atoms with van der Waals surface area (Å²) in [5, 5.41) is 0.683. The SMILES string of the molecule is NN(C(=O)C1CC(F)(F)C1)C(=O)[C@@H]1CC[C@@H]2CN1C(=O)N2OS(=O)(=O)O. The molecule has 1 aliphatic carbocycles. The highest BCUT2D eigenvalue weighted by atomic mass is 32.3. The van der Waals surface area contributed by atoms with Crippen LogP contribution in [-0.2, 0) is 24.3 Å². The molecule has 0 unspecified atom stereocenters. The third-order valence-electron chi connectivity index (χ3n) is 4.70. The normalized spacial score (nSPS) is 28.1. The Balaban J connectivity index is 1.68. The molecule has 2 atom stereocenters. The van der Waals surface area contributed by atoms with E-state index in [1.54, 1.807) is 0 Å². The molecule has 0 spiro atoms. The first-order valence-electron chi connectivity index (χ1n) is 7.67. The van der Waals surface area contributed by atoms with E-state index in [9.17, 15) is 31.6 Å². The number of halogens is 2. The summed E-state index contributed by atoms with van der Waals surface area (Å²) in [5.41, 5.74) is 0. The van der Waals surface area contributed by atoms with Crippen molar-refractivity contribution < 1.29 is 40.4 Å². The first kappa shape index (κ1) is 18.9. The van der Waals surface area contributed by atoms with Gasteiger partial charge in [0.05, 0.1) is 12.0 Å². The van der Waals surface area contributed by atoms with Crippen LogP contribution in [0, 0.1) is 5.92 Å². The second-order valence-corrected chi connectivity index (χ2v) is 7.52. The molecular formula is C12H16F2N4O7S. The second-order valence-electron chi connectivity index (χ2n) is 6.52. The van der Waals surface area contributed by atoms with Crippen LogP contribution in [-0.4, -0.2) is 70.3 Å². The molecule has 26 heavy (non-hydrogen) atoms. The summed E-state index contributed by atoms with van der Waals surface area (Å²) in [6.45, 7) is -0.0751. The van der Waals surface area contributed by atoms with E-state index in [1.165, 1.54) is 0 Å². The lowest BCUT2D eigenvalue weighted by molar-refractivity contribution is -0.166. The zero-order valence-electron chi connectivity index (χ0n) is 13.2. The van der Waals surface area contributed by atoms with E-state index in [-0.39, 0.29) is 24.4 Å². The molecule has 2 bridgehead atoms. The number of carbonyl (C=O) groups excluding carboxylic acids is 3. The Morgan fingerprint density at radius 3 is 2.42 bits per heavy atom. The summed E-state index contributed by atoms with van der Waals surface area (Å²) in [4.78, 5) is 37.7. The number of hydrazine groups is 1. The minimum absolute atomic E-state index is 0.0579. The minimum atomic E-state index is -4.93. The van der Waals surface area contributed by atoms with Gasteiger partial charge in [0, 0.05) is 19.4 Å². The van der Waals surface area contributed by atoms with Crippen molar-refractivity contribution in [2.45, 2.75) is 43.7 Å². The van der Waals surface area contributed by atoms with Gasteiger partial charge in [0.2, 0.25) is 11.8 Å². The molecule has 0 aromatic heterocycles. The number of hydroxylamine groups is 2. The van der Waals surface area contributed by atoms with Crippen LogP contribution >= 0.6 is 0 Å². The van der Waals surface area contributed by atoms with Crippen molar-refractivity contribution in [1.29, 1.82) is 0 Å². The highest BCUT2D eigenvalue weighted by Crippen LogP contribution is 2.43. The number of nitrogens with two attached hydrogens (primary N) is 1. The van der Waals surface area contributed by atoms with Crippen LogP contribution in [0.3, 0.4) is 0 Å². The minimum Gasteiger partial charge on any atom is -0.309 e. The number of amides is 4. The molecule has 14 heteroatoms. The number of fused-ring (bicyclic) bond motifs is 2. The second kappa shape index (κ2) is 6.07. The summed E-state index contributed by atoms with van der Waals surface area (Å²) in [6, 6.07) is -2.86. The van der Waals surface area contributed by atoms with Crippen molar-refractivity contribution in [2.24, 2.45) is 11.8 Å². The molecule has 3 fully saturated rings. The van der Waals surface area contributed by atoms with E-state index < -0.39 is 65.0 Å². The molecule has 2 aliphatic heterocycles. The molecule has 0 aromatic rings. The largest absolute Gasteiger partial charge is 0.418 e. The first-order chi connectivity index (χ1) is 11.9. The Labute approximate surface area is 146 Å². The molecule has 2 saturated heterocycles. The van der Waals surface area contributed by atoms with Gasteiger partial charge >= 0.3 is 16.4 Å². The highest BCUT2D eigenvalue weighted by Gasteiger charge is 2.53. The van der Waals surface area contributed by atoms with Crippen molar-refractivity contribution in [3.63, 3.8) is 0 Å². The van der Waals surface area contributed by atoms with Gasteiger partial charge in [-0.05, 0) is 12.8 Å². The molecule has 3 rings (SSSR count). The maximum atomic E-state index is 12.9. The lowest BCUT2D eigenvalue weighted by Crippen LogP contribution is -2.58. The number of carbonyl (C=O) groups is 3. The number of alkyl halides is 2. The van der Waals surface area contributed by atoms with Crippen molar-refractivity contribution in [3.8, 4) is 0 Å².